The van der Waals surface area contributed by atoms with E-state index in [4.69, 9.17) is 21.3 Å². The summed E-state index contributed by atoms with van der Waals surface area (Å²) >= 11 is 7.93. The highest BCUT2D eigenvalue weighted by molar-refractivity contribution is 7.17. The van der Waals surface area contributed by atoms with Crippen molar-refractivity contribution in [1.29, 1.82) is 0 Å². The van der Waals surface area contributed by atoms with Gasteiger partial charge >= 0.3 is 0 Å². The third-order valence-electron chi connectivity index (χ3n) is 6.76. The van der Waals surface area contributed by atoms with E-state index in [0.29, 0.717) is 11.6 Å². The van der Waals surface area contributed by atoms with Gasteiger partial charge in [0.1, 0.15) is 17.2 Å². The van der Waals surface area contributed by atoms with Gasteiger partial charge in [-0.15, -0.1) is 11.3 Å². The van der Waals surface area contributed by atoms with Crippen molar-refractivity contribution in [3.8, 4) is 0 Å². The Kier molecular flexibility index (Phi) is 7.11. The Labute approximate surface area is 215 Å². The molecule has 0 spiro atoms. The Morgan fingerprint density at radius 3 is 2.74 bits per heavy atom. The van der Waals surface area contributed by atoms with Gasteiger partial charge in [-0.2, -0.15) is 5.10 Å². The Bertz CT molecular complexity index is 1160. The fourth-order valence-electron chi connectivity index (χ4n) is 4.71. The number of aliphatic imine (C=N–C) groups is 1. The molecule has 4 heterocycles. The molecular weight excluding hydrogens is 484 g/mol. The van der Waals surface area contributed by atoms with Crippen molar-refractivity contribution in [2.24, 2.45) is 10.1 Å². The van der Waals surface area contributed by atoms with Crippen molar-refractivity contribution in [3.63, 3.8) is 0 Å². The number of hydrogen-bond donors (Lipinski definition) is 2. The lowest BCUT2D eigenvalue weighted by Gasteiger charge is -2.26. The molecule has 0 aliphatic carbocycles. The lowest BCUT2D eigenvalue weighted by Crippen LogP contribution is -2.44. The molecule has 10 heteroatoms. The Balaban J connectivity index is 1.44. The molecule has 0 radical (unpaired) electrons. The highest BCUT2D eigenvalue weighted by Crippen LogP contribution is 2.41. The van der Waals surface area contributed by atoms with Crippen molar-refractivity contribution in [2.45, 2.75) is 39.4 Å². The van der Waals surface area contributed by atoms with Crippen LogP contribution in [0, 0.1) is 13.8 Å². The topological polar surface area (TPSA) is 81.6 Å². The maximum atomic E-state index is 13.0. The fraction of sp³-hybridized carbons (Fsp3) is 0.480. The van der Waals surface area contributed by atoms with Crippen molar-refractivity contribution in [1.82, 2.24) is 15.6 Å². The zero-order valence-corrected chi connectivity index (χ0v) is 21.9. The van der Waals surface area contributed by atoms with Crippen LogP contribution >= 0.6 is 22.9 Å². The van der Waals surface area contributed by atoms with Gasteiger partial charge in [-0.25, -0.2) is 0 Å². The number of hydrazone groups is 1. The number of halogens is 1. The van der Waals surface area contributed by atoms with E-state index < -0.39 is 6.04 Å². The van der Waals surface area contributed by atoms with Crippen LogP contribution in [0.4, 0.5) is 5.00 Å². The van der Waals surface area contributed by atoms with E-state index in [1.807, 2.05) is 24.3 Å². The number of nitrogens with zero attached hydrogens (tertiary/aromatic N) is 4. The highest BCUT2D eigenvalue weighted by Gasteiger charge is 2.39. The maximum absolute atomic E-state index is 13.0. The summed E-state index contributed by atoms with van der Waals surface area (Å²) in [5, 5.41) is 9.52. The number of morpholine rings is 1. The standard InChI is InChI=1S/C25H31ClN6O2S/c1-15-16(2)35-25-22(15)23(18-4-6-19(26)7-5-18)28-20(24-30-29-17(3)32(24)25)14-21(33)27-8-9-31-10-12-34-13-11-31/h4-7,17,20,29H,8-14H2,1-3H3,(H,27,33). The molecule has 1 fully saturated rings. The number of anilines is 1. The summed E-state index contributed by atoms with van der Waals surface area (Å²) in [6.07, 6.45) is 0.213. The molecule has 2 unspecified atom stereocenters. The van der Waals surface area contributed by atoms with Crippen molar-refractivity contribution in [2.75, 3.05) is 44.3 Å². The summed E-state index contributed by atoms with van der Waals surface area (Å²) < 4.78 is 5.40. The highest BCUT2D eigenvalue weighted by atomic mass is 35.5. The molecule has 0 bridgehead atoms. The quantitative estimate of drug-likeness (QED) is 0.619. The van der Waals surface area contributed by atoms with Gasteiger partial charge < -0.3 is 10.1 Å². The van der Waals surface area contributed by atoms with Crippen molar-refractivity contribution < 1.29 is 9.53 Å². The smallest absolute Gasteiger partial charge is 0.222 e. The minimum absolute atomic E-state index is 0.0205. The number of fused-ring (bicyclic) bond motifs is 3. The van der Waals surface area contributed by atoms with Crippen LogP contribution in [0.5, 0.6) is 0 Å². The Morgan fingerprint density at radius 2 is 2.00 bits per heavy atom. The van der Waals surface area contributed by atoms with Crippen LogP contribution in [0.25, 0.3) is 0 Å². The lowest BCUT2D eigenvalue weighted by atomic mass is 9.99. The van der Waals surface area contributed by atoms with Crippen molar-refractivity contribution >= 4 is 45.4 Å². The normalized spacial score (nSPS) is 22.0. The average Bonchev–Trinajstić information content (AvgIpc) is 3.32. The van der Waals surface area contributed by atoms with E-state index in [1.54, 1.807) is 11.3 Å². The van der Waals surface area contributed by atoms with Gasteiger partial charge in [0.2, 0.25) is 5.91 Å². The number of ether oxygens (including phenoxy) is 1. The summed E-state index contributed by atoms with van der Waals surface area (Å²) in [6.45, 7) is 11.1. The second kappa shape index (κ2) is 10.3. The second-order valence-electron chi connectivity index (χ2n) is 9.12. The van der Waals surface area contributed by atoms with Crippen molar-refractivity contribution in [3.05, 3.63) is 50.9 Å². The number of benzene rings is 1. The third-order valence-corrected chi connectivity index (χ3v) is 8.21. The number of nitrogens with one attached hydrogen (secondary N) is 2. The van der Waals surface area contributed by atoms with Crippen LogP contribution in [0.2, 0.25) is 5.02 Å². The van der Waals surface area contributed by atoms with Gasteiger partial charge in [-0.3, -0.25) is 25.0 Å². The van der Waals surface area contributed by atoms with Crippen LogP contribution in [0.1, 0.15) is 34.9 Å². The predicted octanol–water partition coefficient (Wildman–Crippen LogP) is 3.15. The first-order valence-corrected chi connectivity index (χ1v) is 13.2. The third kappa shape index (κ3) is 4.95. The zero-order valence-electron chi connectivity index (χ0n) is 20.3. The van der Waals surface area contributed by atoms with Crippen LogP contribution < -0.4 is 15.6 Å². The molecule has 1 amide bonds. The number of carbonyl (C=O) groups excluding carboxylic acids is 1. The zero-order chi connectivity index (χ0) is 24.5. The summed E-state index contributed by atoms with van der Waals surface area (Å²) in [6, 6.07) is 7.36. The average molecular weight is 515 g/mol. The predicted molar refractivity (Wildman–Crippen MR) is 142 cm³/mol. The molecule has 3 aliphatic heterocycles. The van der Waals surface area contributed by atoms with E-state index in [-0.39, 0.29) is 18.5 Å². The summed E-state index contributed by atoms with van der Waals surface area (Å²) in [5.41, 5.74) is 7.37. The van der Waals surface area contributed by atoms with Crippen LogP contribution in [-0.4, -0.2) is 74.0 Å². The molecule has 2 atom stereocenters. The maximum Gasteiger partial charge on any atom is 0.222 e. The minimum Gasteiger partial charge on any atom is -0.379 e. The van der Waals surface area contributed by atoms with Gasteiger partial charge in [-0.05, 0) is 38.5 Å². The summed E-state index contributed by atoms with van der Waals surface area (Å²) in [4.78, 5) is 24.0. The molecule has 1 aromatic heterocycles. The first-order valence-electron chi connectivity index (χ1n) is 12.1. The molecule has 2 aromatic rings. The summed E-state index contributed by atoms with van der Waals surface area (Å²) in [7, 11) is 0. The van der Waals surface area contributed by atoms with Gasteiger partial charge in [0, 0.05) is 47.2 Å². The van der Waals surface area contributed by atoms with E-state index in [2.05, 4.69) is 46.4 Å². The van der Waals surface area contributed by atoms with Gasteiger partial charge in [0.25, 0.3) is 0 Å². The molecular formula is C25H31ClN6O2S. The molecule has 186 valence electrons. The number of thiophene rings is 1. The first-order chi connectivity index (χ1) is 16.9. The van der Waals surface area contributed by atoms with Gasteiger partial charge in [0.15, 0.2) is 5.84 Å². The molecule has 5 rings (SSSR count). The molecule has 1 aromatic carbocycles. The molecule has 35 heavy (non-hydrogen) atoms. The Morgan fingerprint density at radius 1 is 1.26 bits per heavy atom. The number of hydrogen-bond acceptors (Lipinski definition) is 8. The van der Waals surface area contributed by atoms with E-state index in [1.165, 1.54) is 10.4 Å². The fourth-order valence-corrected chi connectivity index (χ4v) is 6.08. The first kappa shape index (κ1) is 24.2. The lowest BCUT2D eigenvalue weighted by molar-refractivity contribution is -0.121. The minimum atomic E-state index is -0.402. The largest absolute Gasteiger partial charge is 0.379 e. The SMILES string of the molecule is Cc1sc2c(c1C)C(c1ccc(Cl)cc1)=NC(CC(=O)NCCN1CCOCC1)C1=NNC(C)N12. The molecule has 1 saturated heterocycles. The molecule has 0 saturated carbocycles. The van der Waals surface area contributed by atoms with Crippen LogP contribution in [0.3, 0.4) is 0 Å². The van der Waals surface area contributed by atoms with Crippen LogP contribution in [-0.2, 0) is 9.53 Å². The van der Waals surface area contributed by atoms with E-state index >= 15 is 0 Å². The number of rotatable bonds is 6. The van der Waals surface area contributed by atoms with E-state index in [0.717, 1.165) is 60.5 Å². The molecule has 2 N–H and O–H groups in total. The Hall–Kier alpha value is -2.46. The number of carbonyl (C=O) groups is 1. The van der Waals surface area contributed by atoms with Crippen LogP contribution in [0.15, 0.2) is 34.4 Å². The van der Waals surface area contributed by atoms with Gasteiger partial charge in [0.05, 0.1) is 25.3 Å². The molecule has 8 nitrogen and oxygen atoms in total. The monoisotopic (exact) mass is 514 g/mol. The molecule has 3 aliphatic rings. The second-order valence-corrected chi connectivity index (χ2v) is 10.8. The number of aryl methyl sites for hydroxylation is 1. The van der Waals surface area contributed by atoms with E-state index in [9.17, 15) is 4.79 Å². The number of amides is 1. The van der Waals surface area contributed by atoms with Gasteiger partial charge in [-0.1, -0.05) is 23.7 Å². The summed E-state index contributed by atoms with van der Waals surface area (Å²) in [5.74, 6) is 0.759. The number of amidine groups is 1.